The van der Waals surface area contributed by atoms with Crippen molar-refractivity contribution in [3.8, 4) is 0 Å². The van der Waals surface area contributed by atoms with E-state index in [4.69, 9.17) is 19.6 Å². The first-order chi connectivity index (χ1) is 18.5. The van der Waals surface area contributed by atoms with Crippen molar-refractivity contribution in [2.45, 2.75) is 65.0 Å². The first-order valence-electron chi connectivity index (χ1n) is 14.2. The van der Waals surface area contributed by atoms with Crippen molar-refractivity contribution in [1.29, 1.82) is 0 Å². The number of aliphatic hydroxyl groups is 1. The van der Waals surface area contributed by atoms with Crippen molar-refractivity contribution in [2.75, 3.05) is 52.6 Å². The molecule has 3 saturated heterocycles. The topological polar surface area (TPSA) is 75.4 Å². The molecule has 1 aromatic carbocycles. The molecule has 2 aromatic rings. The average Bonchev–Trinajstić information content (AvgIpc) is 3.30. The first kappa shape index (κ1) is 27.1. The van der Waals surface area contributed by atoms with Crippen molar-refractivity contribution < 1.29 is 14.6 Å². The second kappa shape index (κ2) is 12.1. The maximum atomic E-state index is 9.68. The lowest BCUT2D eigenvalue weighted by Gasteiger charge is -2.41. The number of benzene rings is 1. The fourth-order valence-corrected chi connectivity index (χ4v) is 5.94. The van der Waals surface area contributed by atoms with Crippen LogP contribution in [0.25, 0.3) is 16.6 Å². The molecular formula is C30H43N5O3. The van der Waals surface area contributed by atoms with Gasteiger partial charge in [0.25, 0.3) is 0 Å². The minimum absolute atomic E-state index is 0.00946. The number of fused-ring (bicyclic) bond motifs is 1. The summed E-state index contributed by atoms with van der Waals surface area (Å²) >= 11 is 0. The van der Waals surface area contributed by atoms with Crippen LogP contribution in [-0.4, -0.2) is 95.3 Å². The highest BCUT2D eigenvalue weighted by Gasteiger charge is 2.30. The number of hydrogen-bond acceptors (Lipinski definition) is 6. The summed E-state index contributed by atoms with van der Waals surface area (Å²) in [4.78, 5) is 9.78. The van der Waals surface area contributed by atoms with E-state index in [1.54, 1.807) is 0 Å². The lowest BCUT2D eigenvalue weighted by Crippen LogP contribution is -2.51. The predicted molar refractivity (Wildman–Crippen MR) is 152 cm³/mol. The van der Waals surface area contributed by atoms with E-state index in [0.717, 1.165) is 67.4 Å². The molecule has 1 N–H and O–H groups in total. The highest BCUT2D eigenvalue weighted by atomic mass is 16.5. The Kier molecular flexibility index (Phi) is 8.63. The quantitative estimate of drug-likeness (QED) is 0.435. The number of aliphatic imine (C=N–C) groups is 1. The summed E-state index contributed by atoms with van der Waals surface area (Å²) in [5.41, 5.74) is 5.96. The second-order valence-corrected chi connectivity index (χ2v) is 11.0. The molecule has 206 valence electrons. The smallest absolute Gasteiger partial charge is 0.130 e. The van der Waals surface area contributed by atoms with E-state index in [2.05, 4.69) is 59.5 Å². The molecule has 1 aromatic heterocycles. The van der Waals surface area contributed by atoms with Gasteiger partial charge in [-0.1, -0.05) is 13.0 Å². The standard InChI is InChI=1S/C30H43N5O3/c1-5-6-22(3)32-30(34-11-12-38-27(17-34)18-36)14-23(4)35-29-15-28(21(2)13-25(29)16-31-35)24-7-9-33(10-8-24)26-19-37-20-26/h6,13-16,24,26-27,36H,5,7-12,17-20H2,1-4H3/b22-6+,23-14+,32-30-. The molecule has 0 bridgehead atoms. The monoisotopic (exact) mass is 521 g/mol. The van der Waals surface area contributed by atoms with Crippen LogP contribution in [0.3, 0.4) is 0 Å². The zero-order chi connectivity index (χ0) is 26.6. The number of aromatic nitrogens is 2. The van der Waals surface area contributed by atoms with Crippen LogP contribution in [0.1, 0.15) is 57.1 Å². The zero-order valence-electron chi connectivity index (χ0n) is 23.4. The Hall–Kier alpha value is -2.52. The van der Waals surface area contributed by atoms with Gasteiger partial charge in [0, 0.05) is 35.9 Å². The molecule has 0 spiro atoms. The van der Waals surface area contributed by atoms with E-state index in [1.807, 2.05) is 13.1 Å². The first-order valence-corrected chi connectivity index (χ1v) is 14.2. The highest BCUT2D eigenvalue weighted by Crippen LogP contribution is 2.34. The minimum Gasteiger partial charge on any atom is -0.394 e. The number of rotatable bonds is 7. The Morgan fingerprint density at radius 1 is 1.18 bits per heavy atom. The van der Waals surface area contributed by atoms with E-state index in [-0.39, 0.29) is 12.7 Å². The molecule has 4 heterocycles. The largest absolute Gasteiger partial charge is 0.394 e. The number of aryl methyl sites for hydroxylation is 1. The van der Waals surface area contributed by atoms with Gasteiger partial charge in [0.15, 0.2) is 0 Å². The van der Waals surface area contributed by atoms with Gasteiger partial charge in [0.1, 0.15) is 5.84 Å². The summed E-state index contributed by atoms with van der Waals surface area (Å²) in [6.07, 6.45) is 9.35. The predicted octanol–water partition coefficient (Wildman–Crippen LogP) is 4.19. The van der Waals surface area contributed by atoms with Crippen LogP contribution >= 0.6 is 0 Å². The molecular weight excluding hydrogens is 478 g/mol. The summed E-state index contributed by atoms with van der Waals surface area (Å²) in [5.74, 6) is 1.46. The Morgan fingerprint density at radius 3 is 2.66 bits per heavy atom. The number of nitrogens with zero attached hydrogens (tertiary/aromatic N) is 5. The normalized spacial score (nSPS) is 23.3. The fourth-order valence-electron chi connectivity index (χ4n) is 5.94. The number of morpholine rings is 1. The van der Waals surface area contributed by atoms with Gasteiger partial charge in [-0.3, -0.25) is 4.90 Å². The molecule has 5 rings (SSSR count). The van der Waals surface area contributed by atoms with Gasteiger partial charge in [-0.2, -0.15) is 5.10 Å². The number of allylic oxidation sites excluding steroid dienone is 3. The molecule has 38 heavy (non-hydrogen) atoms. The number of aliphatic hydroxyl groups excluding tert-OH is 1. The Labute approximate surface area is 226 Å². The number of likely N-dealkylation sites (tertiary alicyclic amines) is 1. The van der Waals surface area contributed by atoms with Crippen LogP contribution in [-0.2, 0) is 9.47 Å². The van der Waals surface area contributed by atoms with Gasteiger partial charge >= 0.3 is 0 Å². The number of ether oxygens (including phenoxy) is 2. The molecule has 3 aliphatic rings. The van der Waals surface area contributed by atoms with Crippen molar-refractivity contribution in [1.82, 2.24) is 19.6 Å². The average molecular weight is 522 g/mol. The van der Waals surface area contributed by atoms with E-state index in [9.17, 15) is 5.11 Å². The third kappa shape index (κ3) is 5.88. The Morgan fingerprint density at radius 2 is 1.97 bits per heavy atom. The summed E-state index contributed by atoms with van der Waals surface area (Å²) in [5, 5.41) is 15.6. The summed E-state index contributed by atoms with van der Waals surface area (Å²) in [6.45, 7) is 14.5. The fraction of sp³-hybridized carbons (Fsp3) is 0.600. The van der Waals surface area contributed by atoms with Crippen molar-refractivity contribution in [2.24, 2.45) is 4.99 Å². The summed E-state index contributed by atoms with van der Waals surface area (Å²) in [7, 11) is 0. The molecule has 1 atom stereocenters. The Balaban J connectivity index is 1.43. The molecule has 0 amide bonds. The van der Waals surface area contributed by atoms with Crippen LogP contribution in [0.4, 0.5) is 0 Å². The van der Waals surface area contributed by atoms with Crippen molar-refractivity contribution >= 4 is 22.4 Å². The number of piperidine rings is 1. The lowest BCUT2D eigenvalue weighted by molar-refractivity contribution is -0.0712. The van der Waals surface area contributed by atoms with Gasteiger partial charge in [0.2, 0.25) is 0 Å². The van der Waals surface area contributed by atoms with Gasteiger partial charge in [-0.15, -0.1) is 0 Å². The van der Waals surface area contributed by atoms with Gasteiger partial charge in [-0.05, 0) is 82.3 Å². The molecule has 8 nitrogen and oxygen atoms in total. The van der Waals surface area contributed by atoms with E-state index < -0.39 is 0 Å². The van der Waals surface area contributed by atoms with Crippen LogP contribution < -0.4 is 0 Å². The van der Waals surface area contributed by atoms with Crippen LogP contribution in [0.2, 0.25) is 0 Å². The second-order valence-electron chi connectivity index (χ2n) is 11.0. The van der Waals surface area contributed by atoms with Crippen LogP contribution in [0, 0.1) is 6.92 Å². The molecule has 1 unspecified atom stereocenters. The van der Waals surface area contributed by atoms with Crippen molar-refractivity contribution in [3.05, 3.63) is 47.3 Å². The van der Waals surface area contributed by atoms with Gasteiger partial charge < -0.3 is 19.5 Å². The van der Waals surface area contributed by atoms with Gasteiger partial charge in [-0.25, -0.2) is 9.67 Å². The molecule has 0 radical (unpaired) electrons. The lowest BCUT2D eigenvalue weighted by atomic mass is 9.85. The SMILES string of the molecule is CC/C=C(C)/N=C(/C=C(\C)n1ncc2cc(C)c(C3CCN(C4COC4)CC3)cc21)N1CCOC(CO)C1. The zero-order valence-corrected chi connectivity index (χ0v) is 23.4. The number of hydrogen-bond donors (Lipinski definition) is 1. The van der Waals surface area contributed by atoms with Crippen LogP contribution in [0.5, 0.6) is 0 Å². The summed E-state index contributed by atoms with van der Waals surface area (Å²) < 4.78 is 13.2. The molecule has 0 saturated carbocycles. The molecule has 0 aliphatic carbocycles. The third-order valence-corrected chi connectivity index (χ3v) is 8.19. The molecule has 3 aliphatic heterocycles. The highest BCUT2D eigenvalue weighted by molar-refractivity contribution is 5.98. The van der Waals surface area contributed by atoms with Gasteiger partial charge in [0.05, 0.1) is 50.3 Å². The molecule has 3 fully saturated rings. The van der Waals surface area contributed by atoms with Crippen LogP contribution in [0.15, 0.2) is 41.2 Å². The van der Waals surface area contributed by atoms with E-state index in [0.29, 0.717) is 25.1 Å². The molecule has 8 heteroatoms. The van der Waals surface area contributed by atoms with Crippen molar-refractivity contribution in [3.63, 3.8) is 0 Å². The third-order valence-electron chi connectivity index (χ3n) is 8.19. The number of amidine groups is 1. The van der Waals surface area contributed by atoms with E-state index in [1.165, 1.54) is 24.0 Å². The summed E-state index contributed by atoms with van der Waals surface area (Å²) in [6, 6.07) is 5.29. The maximum Gasteiger partial charge on any atom is 0.130 e. The maximum absolute atomic E-state index is 9.68. The Bertz CT molecular complexity index is 1200. The van der Waals surface area contributed by atoms with E-state index >= 15 is 0 Å². The minimum atomic E-state index is -0.197.